The first kappa shape index (κ1) is 17.0. The van der Waals surface area contributed by atoms with Gasteiger partial charge in [-0.2, -0.15) is 0 Å². The summed E-state index contributed by atoms with van der Waals surface area (Å²) >= 11 is 0. The van der Waals surface area contributed by atoms with Crippen molar-refractivity contribution in [1.82, 2.24) is 16.0 Å². The predicted octanol–water partition coefficient (Wildman–Crippen LogP) is 0.901. The van der Waals surface area contributed by atoms with Crippen LogP contribution in [0.4, 0.5) is 0 Å². The average molecular weight is 283 g/mol. The highest BCUT2D eigenvalue weighted by molar-refractivity contribution is 5.84. The second-order valence-corrected chi connectivity index (χ2v) is 6.44. The molecule has 0 spiro atoms. The third-order valence-corrected chi connectivity index (χ3v) is 4.09. The third kappa shape index (κ3) is 4.47. The van der Waals surface area contributed by atoms with Crippen molar-refractivity contribution >= 4 is 11.8 Å². The molecule has 2 amide bonds. The van der Waals surface area contributed by atoms with Gasteiger partial charge in [-0.05, 0) is 24.8 Å². The molecule has 0 saturated carbocycles. The maximum atomic E-state index is 12.4. The molecule has 1 aliphatic rings. The van der Waals surface area contributed by atoms with Gasteiger partial charge in [0, 0.05) is 26.1 Å². The number of hydrogen-bond acceptors (Lipinski definition) is 3. The summed E-state index contributed by atoms with van der Waals surface area (Å²) in [6.07, 6.45) is 1.22. The summed E-state index contributed by atoms with van der Waals surface area (Å²) in [5.41, 5.74) is -0.311. The quantitative estimate of drug-likeness (QED) is 0.650. The van der Waals surface area contributed by atoms with E-state index in [1.807, 2.05) is 0 Å². The van der Waals surface area contributed by atoms with E-state index >= 15 is 0 Å². The second kappa shape index (κ2) is 7.62. The zero-order valence-electron chi connectivity index (χ0n) is 13.2. The van der Waals surface area contributed by atoms with Crippen molar-refractivity contribution in [1.29, 1.82) is 0 Å². The van der Waals surface area contributed by atoms with E-state index in [2.05, 4.69) is 43.6 Å². The van der Waals surface area contributed by atoms with Crippen LogP contribution < -0.4 is 16.0 Å². The Morgan fingerprint density at radius 1 is 1.20 bits per heavy atom. The van der Waals surface area contributed by atoms with Crippen molar-refractivity contribution in [3.8, 4) is 0 Å². The van der Waals surface area contributed by atoms with Crippen LogP contribution in [0.15, 0.2) is 0 Å². The molecule has 0 aromatic carbocycles. The van der Waals surface area contributed by atoms with Gasteiger partial charge in [0.2, 0.25) is 11.8 Å². The number of nitrogens with one attached hydrogen (secondary N) is 3. The first-order valence-electron chi connectivity index (χ1n) is 7.64. The number of hydrogen-bond donors (Lipinski definition) is 3. The van der Waals surface area contributed by atoms with Crippen LogP contribution in [0.25, 0.3) is 0 Å². The van der Waals surface area contributed by atoms with E-state index < -0.39 is 0 Å². The summed E-state index contributed by atoms with van der Waals surface area (Å²) in [5.74, 6) is 0.825. The van der Waals surface area contributed by atoms with E-state index in [1.54, 1.807) is 0 Å². The van der Waals surface area contributed by atoms with Crippen molar-refractivity contribution in [3.63, 3.8) is 0 Å². The molecule has 0 aromatic rings. The van der Waals surface area contributed by atoms with Crippen LogP contribution in [0.3, 0.4) is 0 Å². The second-order valence-electron chi connectivity index (χ2n) is 6.44. The van der Waals surface area contributed by atoms with Crippen LogP contribution in [-0.2, 0) is 9.59 Å². The minimum absolute atomic E-state index is 0.00199. The standard InChI is InChI=1S/C15H29N3O2/c1-11(2)9-18-13(19)5-7-17-14(20)15(12(3)4)6-8-16-10-15/h11-12,16H,5-10H2,1-4H3,(H,17,20)(H,18,19). The molecule has 20 heavy (non-hydrogen) atoms. The highest BCUT2D eigenvalue weighted by Crippen LogP contribution is 2.34. The topological polar surface area (TPSA) is 70.2 Å². The first-order chi connectivity index (χ1) is 9.38. The predicted molar refractivity (Wildman–Crippen MR) is 80.2 cm³/mol. The molecule has 0 aromatic heterocycles. The molecule has 1 heterocycles. The third-order valence-electron chi connectivity index (χ3n) is 4.09. The number of amides is 2. The van der Waals surface area contributed by atoms with E-state index in [0.29, 0.717) is 31.3 Å². The van der Waals surface area contributed by atoms with Gasteiger partial charge in [-0.15, -0.1) is 0 Å². The number of rotatable bonds is 7. The van der Waals surface area contributed by atoms with Gasteiger partial charge >= 0.3 is 0 Å². The maximum Gasteiger partial charge on any atom is 0.227 e. The van der Waals surface area contributed by atoms with Gasteiger partial charge in [-0.1, -0.05) is 27.7 Å². The monoisotopic (exact) mass is 283 g/mol. The lowest BCUT2D eigenvalue weighted by Gasteiger charge is -2.31. The van der Waals surface area contributed by atoms with Gasteiger partial charge in [0.1, 0.15) is 0 Å². The van der Waals surface area contributed by atoms with Crippen LogP contribution >= 0.6 is 0 Å². The Kier molecular flexibility index (Phi) is 6.46. The van der Waals surface area contributed by atoms with Crippen molar-refractivity contribution in [3.05, 3.63) is 0 Å². The summed E-state index contributed by atoms with van der Waals surface area (Å²) in [4.78, 5) is 24.0. The molecule has 1 unspecified atom stereocenters. The van der Waals surface area contributed by atoms with Crippen molar-refractivity contribution < 1.29 is 9.59 Å². The van der Waals surface area contributed by atoms with Crippen molar-refractivity contribution in [2.45, 2.75) is 40.5 Å². The highest BCUT2D eigenvalue weighted by atomic mass is 16.2. The molecule has 116 valence electrons. The lowest BCUT2D eigenvalue weighted by atomic mass is 9.75. The SMILES string of the molecule is CC(C)CNC(=O)CCNC(=O)C1(C(C)C)CCNC1. The fourth-order valence-corrected chi connectivity index (χ4v) is 2.53. The summed E-state index contributed by atoms with van der Waals surface area (Å²) in [6.45, 7) is 11.0. The summed E-state index contributed by atoms with van der Waals surface area (Å²) < 4.78 is 0. The molecule has 3 N–H and O–H groups in total. The Morgan fingerprint density at radius 2 is 1.90 bits per heavy atom. The normalized spacial score (nSPS) is 22.3. The fourth-order valence-electron chi connectivity index (χ4n) is 2.53. The van der Waals surface area contributed by atoms with Crippen LogP contribution in [0.2, 0.25) is 0 Å². The molecule has 1 saturated heterocycles. The maximum absolute atomic E-state index is 12.4. The van der Waals surface area contributed by atoms with E-state index in [0.717, 1.165) is 19.5 Å². The molecular formula is C15H29N3O2. The van der Waals surface area contributed by atoms with Crippen molar-refractivity contribution in [2.24, 2.45) is 17.3 Å². The van der Waals surface area contributed by atoms with Gasteiger partial charge in [0.05, 0.1) is 5.41 Å². The zero-order chi connectivity index (χ0) is 15.2. The lowest BCUT2D eigenvalue weighted by Crippen LogP contribution is -2.46. The molecule has 1 atom stereocenters. The summed E-state index contributed by atoms with van der Waals surface area (Å²) in [7, 11) is 0. The van der Waals surface area contributed by atoms with E-state index in [-0.39, 0.29) is 17.2 Å². The Labute approximate surface area is 122 Å². The molecule has 0 bridgehead atoms. The summed E-state index contributed by atoms with van der Waals surface area (Å²) in [5, 5.41) is 9.05. The van der Waals surface area contributed by atoms with Gasteiger partial charge in [-0.25, -0.2) is 0 Å². The van der Waals surface area contributed by atoms with Crippen LogP contribution in [0.1, 0.15) is 40.5 Å². The van der Waals surface area contributed by atoms with Crippen LogP contribution in [0.5, 0.6) is 0 Å². The molecule has 5 nitrogen and oxygen atoms in total. The Balaban J connectivity index is 2.34. The fraction of sp³-hybridized carbons (Fsp3) is 0.867. The smallest absolute Gasteiger partial charge is 0.227 e. The molecular weight excluding hydrogens is 254 g/mol. The number of carbonyl (C=O) groups is 2. The first-order valence-corrected chi connectivity index (χ1v) is 7.64. The minimum Gasteiger partial charge on any atom is -0.356 e. The molecule has 0 radical (unpaired) electrons. The molecule has 0 aliphatic carbocycles. The Morgan fingerprint density at radius 3 is 2.40 bits per heavy atom. The largest absolute Gasteiger partial charge is 0.356 e. The Bertz CT molecular complexity index is 334. The van der Waals surface area contributed by atoms with E-state index in [9.17, 15) is 9.59 Å². The highest BCUT2D eigenvalue weighted by Gasteiger charge is 2.43. The van der Waals surface area contributed by atoms with Gasteiger partial charge in [0.15, 0.2) is 0 Å². The van der Waals surface area contributed by atoms with Gasteiger partial charge in [-0.3, -0.25) is 9.59 Å². The van der Waals surface area contributed by atoms with E-state index in [1.165, 1.54) is 0 Å². The minimum atomic E-state index is -0.311. The summed E-state index contributed by atoms with van der Waals surface area (Å²) in [6, 6.07) is 0. The number of carbonyl (C=O) groups excluding carboxylic acids is 2. The molecule has 1 aliphatic heterocycles. The van der Waals surface area contributed by atoms with Crippen LogP contribution in [-0.4, -0.2) is 38.0 Å². The van der Waals surface area contributed by atoms with Gasteiger partial charge < -0.3 is 16.0 Å². The molecule has 1 rings (SSSR count). The lowest BCUT2D eigenvalue weighted by molar-refractivity contribution is -0.132. The van der Waals surface area contributed by atoms with E-state index in [4.69, 9.17) is 0 Å². The van der Waals surface area contributed by atoms with Crippen molar-refractivity contribution in [2.75, 3.05) is 26.2 Å². The Hall–Kier alpha value is -1.10. The molecule has 1 fully saturated rings. The van der Waals surface area contributed by atoms with Gasteiger partial charge in [0.25, 0.3) is 0 Å². The van der Waals surface area contributed by atoms with Crippen LogP contribution in [0, 0.1) is 17.3 Å². The average Bonchev–Trinajstić information content (AvgIpc) is 2.86. The molecule has 5 heteroatoms. The zero-order valence-corrected chi connectivity index (χ0v) is 13.2.